The zero-order valence-electron chi connectivity index (χ0n) is 16.0. The summed E-state index contributed by atoms with van der Waals surface area (Å²) in [6, 6.07) is 16.6. The highest BCUT2D eigenvalue weighted by atomic mass is 16.5. The molecule has 7 heteroatoms. The molecule has 2 amide bonds. The maximum Gasteiger partial charge on any atom is 0.330 e. The van der Waals surface area contributed by atoms with Crippen molar-refractivity contribution in [1.29, 1.82) is 0 Å². The molecule has 0 saturated carbocycles. The number of amides is 2. The highest BCUT2D eigenvalue weighted by Crippen LogP contribution is 2.20. The summed E-state index contributed by atoms with van der Waals surface area (Å²) in [7, 11) is 0. The molecule has 29 heavy (non-hydrogen) atoms. The third kappa shape index (κ3) is 5.57. The minimum absolute atomic E-state index is 0.0457. The fourth-order valence-corrected chi connectivity index (χ4v) is 3.34. The monoisotopic (exact) mass is 396 g/mol. The van der Waals surface area contributed by atoms with Crippen LogP contribution in [-0.2, 0) is 14.4 Å². The van der Waals surface area contributed by atoms with E-state index in [0.29, 0.717) is 37.2 Å². The van der Waals surface area contributed by atoms with Gasteiger partial charge in [-0.05, 0) is 30.5 Å². The summed E-state index contributed by atoms with van der Waals surface area (Å²) in [5.74, 6) is -1.21. The van der Waals surface area contributed by atoms with Crippen molar-refractivity contribution in [3.05, 3.63) is 66.2 Å². The molecule has 1 saturated heterocycles. The Hall–Kier alpha value is -3.35. The van der Waals surface area contributed by atoms with Gasteiger partial charge in [0.1, 0.15) is 5.75 Å². The lowest BCUT2D eigenvalue weighted by atomic mass is 9.95. The normalized spacial score (nSPS) is 15.4. The molecule has 2 N–H and O–H groups in total. The number of rotatable bonds is 7. The van der Waals surface area contributed by atoms with Crippen molar-refractivity contribution >= 4 is 17.8 Å². The molecule has 0 unspecified atom stereocenters. The van der Waals surface area contributed by atoms with Crippen molar-refractivity contribution in [2.75, 3.05) is 19.7 Å². The first-order valence-corrected chi connectivity index (χ1v) is 9.58. The summed E-state index contributed by atoms with van der Waals surface area (Å²) in [6.45, 7) is 0.840. The predicted molar refractivity (Wildman–Crippen MR) is 106 cm³/mol. The summed E-state index contributed by atoms with van der Waals surface area (Å²) in [4.78, 5) is 38.1. The highest BCUT2D eigenvalue weighted by Gasteiger charge is 2.30. The summed E-state index contributed by atoms with van der Waals surface area (Å²) < 4.78 is 5.49. The number of benzene rings is 2. The maximum atomic E-state index is 12.6. The SMILES string of the molecule is O=C(N[C@H](C(=O)O)c1ccccc1)C1CCN(C(=O)COc2ccccc2)CC1. The van der Waals surface area contributed by atoms with Crippen LogP contribution in [0.4, 0.5) is 0 Å². The fourth-order valence-electron chi connectivity index (χ4n) is 3.34. The number of carbonyl (C=O) groups is 3. The van der Waals surface area contributed by atoms with Crippen LogP contribution >= 0.6 is 0 Å². The average Bonchev–Trinajstić information content (AvgIpc) is 2.77. The Balaban J connectivity index is 1.48. The zero-order chi connectivity index (χ0) is 20.6. The van der Waals surface area contributed by atoms with Crippen molar-refractivity contribution in [2.24, 2.45) is 5.92 Å². The Labute approximate surface area is 169 Å². The summed E-state index contributed by atoms with van der Waals surface area (Å²) in [6.07, 6.45) is 0.980. The van der Waals surface area contributed by atoms with Crippen LogP contribution in [0.5, 0.6) is 5.75 Å². The van der Waals surface area contributed by atoms with Gasteiger partial charge < -0.3 is 20.1 Å². The van der Waals surface area contributed by atoms with Gasteiger partial charge in [-0.1, -0.05) is 48.5 Å². The molecule has 0 radical (unpaired) electrons. The second kappa shape index (κ2) is 9.73. The number of hydrogen-bond acceptors (Lipinski definition) is 4. The van der Waals surface area contributed by atoms with Gasteiger partial charge in [0.05, 0.1) is 0 Å². The number of aliphatic carboxylic acids is 1. The van der Waals surface area contributed by atoms with Gasteiger partial charge in [0.2, 0.25) is 5.91 Å². The van der Waals surface area contributed by atoms with E-state index in [9.17, 15) is 19.5 Å². The van der Waals surface area contributed by atoms with Crippen molar-refractivity contribution in [2.45, 2.75) is 18.9 Å². The third-order valence-corrected chi connectivity index (χ3v) is 4.99. The van der Waals surface area contributed by atoms with Crippen LogP contribution in [0.2, 0.25) is 0 Å². The van der Waals surface area contributed by atoms with Crippen LogP contribution in [0.1, 0.15) is 24.4 Å². The molecule has 1 heterocycles. The van der Waals surface area contributed by atoms with E-state index >= 15 is 0 Å². The van der Waals surface area contributed by atoms with Gasteiger partial charge in [0.15, 0.2) is 12.6 Å². The quantitative estimate of drug-likeness (QED) is 0.748. The van der Waals surface area contributed by atoms with Gasteiger partial charge in [-0.2, -0.15) is 0 Å². The van der Waals surface area contributed by atoms with Gasteiger partial charge in [-0.25, -0.2) is 4.79 Å². The molecular formula is C22H24N2O5. The van der Waals surface area contributed by atoms with E-state index in [4.69, 9.17) is 4.74 Å². The van der Waals surface area contributed by atoms with Gasteiger partial charge in [-0.15, -0.1) is 0 Å². The number of hydrogen-bond donors (Lipinski definition) is 2. The van der Waals surface area contributed by atoms with Crippen LogP contribution in [0.25, 0.3) is 0 Å². The van der Waals surface area contributed by atoms with E-state index in [2.05, 4.69) is 5.32 Å². The molecular weight excluding hydrogens is 372 g/mol. The first-order chi connectivity index (χ1) is 14.0. The molecule has 0 bridgehead atoms. The predicted octanol–water partition coefficient (Wildman–Crippen LogP) is 2.25. The van der Waals surface area contributed by atoms with E-state index in [1.54, 1.807) is 47.4 Å². The van der Waals surface area contributed by atoms with Crippen LogP contribution < -0.4 is 10.1 Å². The number of carboxylic acid groups (broad SMARTS) is 1. The molecule has 2 aromatic carbocycles. The zero-order valence-corrected chi connectivity index (χ0v) is 16.0. The van der Waals surface area contributed by atoms with E-state index in [1.807, 2.05) is 18.2 Å². The van der Waals surface area contributed by atoms with Gasteiger partial charge in [-0.3, -0.25) is 9.59 Å². The summed E-state index contributed by atoms with van der Waals surface area (Å²) >= 11 is 0. The van der Waals surface area contributed by atoms with E-state index in [-0.39, 0.29) is 24.3 Å². The minimum Gasteiger partial charge on any atom is -0.484 e. The number of carbonyl (C=O) groups excluding carboxylic acids is 2. The number of ether oxygens (including phenoxy) is 1. The van der Waals surface area contributed by atoms with Crippen LogP contribution in [0, 0.1) is 5.92 Å². The summed E-state index contributed by atoms with van der Waals surface area (Å²) in [5, 5.41) is 12.1. The smallest absolute Gasteiger partial charge is 0.330 e. The number of para-hydroxylation sites is 1. The van der Waals surface area contributed by atoms with E-state index in [0.717, 1.165) is 0 Å². The largest absolute Gasteiger partial charge is 0.484 e. The number of piperidine rings is 1. The van der Waals surface area contributed by atoms with Crippen LogP contribution in [0.3, 0.4) is 0 Å². The summed E-state index contributed by atoms with van der Waals surface area (Å²) in [5.41, 5.74) is 0.527. The lowest BCUT2D eigenvalue weighted by Crippen LogP contribution is -2.45. The minimum atomic E-state index is -1.10. The molecule has 1 fully saturated rings. The number of carboxylic acids is 1. The number of nitrogens with zero attached hydrogens (tertiary/aromatic N) is 1. The lowest BCUT2D eigenvalue weighted by Gasteiger charge is -2.31. The van der Waals surface area contributed by atoms with Crippen molar-refractivity contribution in [3.8, 4) is 5.75 Å². The first kappa shape index (κ1) is 20.4. The second-order valence-electron chi connectivity index (χ2n) is 6.95. The molecule has 0 aromatic heterocycles. The third-order valence-electron chi connectivity index (χ3n) is 4.99. The van der Waals surface area contributed by atoms with Gasteiger partial charge in [0, 0.05) is 19.0 Å². The Morgan fingerprint density at radius 3 is 2.17 bits per heavy atom. The molecule has 2 aromatic rings. The van der Waals surface area contributed by atoms with E-state index < -0.39 is 12.0 Å². The Kier molecular flexibility index (Phi) is 6.84. The van der Waals surface area contributed by atoms with Crippen molar-refractivity contribution in [3.63, 3.8) is 0 Å². The molecule has 0 spiro atoms. The van der Waals surface area contributed by atoms with Gasteiger partial charge in [0.25, 0.3) is 5.91 Å². The number of likely N-dealkylation sites (tertiary alicyclic amines) is 1. The number of nitrogens with one attached hydrogen (secondary N) is 1. The molecule has 3 rings (SSSR count). The topological polar surface area (TPSA) is 95.9 Å². The fraction of sp³-hybridized carbons (Fsp3) is 0.318. The van der Waals surface area contributed by atoms with Gasteiger partial charge >= 0.3 is 5.97 Å². The van der Waals surface area contributed by atoms with E-state index in [1.165, 1.54) is 0 Å². The highest BCUT2D eigenvalue weighted by molar-refractivity contribution is 5.86. The lowest BCUT2D eigenvalue weighted by molar-refractivity contribution is -0.143. The molecule has 7 nitrogen and oxygen atoms in total. The molecule has 0 aliphatic carbocycles. The Morgan fingerprint density at radius 1 is 1.00 bits per heavy atom. The average molecular weight is 396 g/mol. The Morgan fingerprint density at radius 2 is 1.59 bits per heavy atom. The van der Waals surface area contributed by atoms with Crippen molar-refractivity contribution in [1.82, 2.24) is 10.2 Å². The maximum absolute atomic E-state index is 12.6. The van der Waals surface area contributed by atoms with Crippen LogP contribution in [-0.4, -0.2) is 47.5 Å². The van der Waals surface area contributed by atoms with Crippen LogP contribution in [0.15, 0.2) is 60.7 Å². The standard InChI is InChI=1S/C22H24N2O5/c25-19(15-29-18-9-5-2-6-10-18)24-13-11-17(12-14-24)21(26)23-20(22(27)28)16-7-3-1-4-8-16/h1-10,17,20H,11-15H2,(H,23,26)(H,27,28)/t20-/m0/s1. The molecule has 1 aliphatic rings. The van der Waals surface area contributed by atoms with Crippen molar-refractivity contribution < 1.29 is 24.2 Å². The molecule has 152 valence electrons. The molecule has 1 aliphatic heterocycles. The second-order valence-corrected chi connectivity index (χ2v) is 6.95. The first-order valence-electron chi connectivity index (χ1n) is 9.58. The molecule has 1 atom stereocenters. The Bertz CT molecular complexity index is 833.